The van der Waals surface area contributed by atoms with Crippen molar-refractivity contribution in [2.24, 2.45) is 0 Å². The summed E-state index contributed by atoms with van der Waals surface area (Å²) in [6.45, 7) is 0. The molecule has 0 fully saturated rings. The van der Waals surface area contributed by atoms with Crippen LogP contribution in [0.5, 0.6) is 0 Å². The minimum Gasteiger partial charge on any atom is -0.298 e. The average Bonchev–Trinajstić information content (AvgIpc) is 3.10. The van der Waals surface area contributed by atoms with E-state index in [0.717, 1.165) is 16.6 Å². The number of rotatable bonds is 3. The monoisotopic (exact) mass is 330 g/mol. The Balaban J connectivity index is 1.64. The van der Waals surface area contributed by atoms with Gasteiger partial charge in [-0.3, -0.25) is 10.1 Å². The first-order valence-electron chi connectivity index (χ1n) is 7.61. The molecule has 4 heteroatoms. The second-order valence-electron chi connectivity index (χ2n) is 5.38. The highest BCUT2D eigenvalue weighted by Crippen LogP contribution is 2.31. The van der Waals surface area contributed by atoms with Crippen molar-refractivity contribution in [2.45, 2.75) is 0 Å². The number of carbonyl (C=O) groups is 1. The zero-order chi connectivity index (χ0) is 16.4. The Hall–Kier alpha value is -2.98. The van der Waals surface area contributed by atoms with Crippen molar-refractivity contribution in [2.75, 3.05) is 5.32 Å². The van der Waals surface area contributed by atoms with Crippen molar-refractivity contribution >= 4 is 33.1 Å². The first-order valence-corrected chi connectivity index (χ1v) is 8.49. The fraction of sp³-hybridized carbons (Fsp3) is 0. The van der Waals surface area contributed by atoms with Crippen molar-refractivity contribution in [1.82, 2.24) is 4.98 Å². The lowest BCUT2D eigenvalue weighted by molar-refractivity contribution is 0.102. The zero-order valence-electron chi connectivity index (χ0n) is 12.8. The van der Waals surface area contributed by atoms with Crippen molar-refractivity contribution in [3.63, 3.8) is 0 Å². The van der Waals surface area contributed by atoms with Gasteiger partial charge < -0.3 is 0 Å². The fourth-order valence-electron chi connectivity index (χ4n) is 2.66. The molecule has 0 aliphatic rings. The molecule has 0 aliphatic carbocycles. The lowest BCUT2D eigenvalue weighted by Gasteiger charge is -2.04. The maximum atomic E-state index is 12.2. The number of anilines is 1. The highest BCUT2D eigenvalue weighted by atomic mass is 32.1. The van der Waals surface area contributed by atoms with E-state index in [-0.39, 0.29) is 5.91 Å². The topological polar surface area (TPSA) is 42.0 Å². The molecule has 1 aromatic heterocycles. The summed E-state index contributed by atoms with van der Waals surface area (Å²) in [5.74, 6) is -0.144. The molecular formula is C20H14N2OS. The van der Waals surface area contributed by atoms with Gasteiger partial charge in [0.05, 0.1) is 5.69 Å². The zero-order valence-corrected chi connectivity index (χ0v) is 13.6. The minimum atomic E-state index is -0.144. The lowest BCUT2D eigenvalue weighted by atomic mass is 10.0. The Morgan fingerprint density at radius 2 is 1.62 bits per heavy atom. The van der Waals surface area contributed by atoms with Gasteiger partial charge in [-0.2, -0.15) is 0 Å². The molecule has 4 aromatic rings. The number of amides is 1. The molecule has 3 aromatic carbocycles. The third kappa shape index (κ3) is 2.79. The molecule has 1 heterocycles. The quantitative estimate of drug-likeness (QED) is 0.560. The van der Waals surface area contributed by atoms with E-state index < -0.39 is 0 Å². The smallest absolute Gasteiger partial charge is 0.257 e. The second kappa shape index (κ2) is 6.26. The molecule has 1 amide bonds. The van der Waals surface area contributed by atoms with Gasteiger partial charge in [0.1, 0.15) is 0 Å². The molecule has 0 spiro atoms. The van der Waals surface area contributed by atoms with Crippen LogP contribution in [-0.4, -0.2) is 10.9 Å². The number of nitrogens with one attached hydrogen (secondary N) is 1. The van der Waals surface area contributed by atoms with Gasteiger partial charge in [0.25, 0.3) is 5.91 Å². The number of hydrogen-bond donors (Lipinski definition) is 1. The molecule has 116 valence electrons. The van der Waals surface area contributed by atoms with E-state index in [1.165, 1.54) is 16.7 Å². The van der Waals surface area contributed by atoms with Gasteiger partial charge >= 0.3 is 0 Å². The number of aromatic nitrogens is 1. The Labute approximate surface area is 143 Å². The summed E-state index contributed by atoms with van der Waals surface area (Å²) in [4.78, 5) is 16.8. The largest absolute Gasteiger partial charge is 0.298 e. The van der Waals surface area contributed by atoms with Crippen molar-refractivity contribution < 1.29 is 4.79 Å². The average molecular weight is 330 g/mol. The standard InChI is InChI=1S/C20H14N2OS/c23-19(15-8-2-1-3-9-15)22-20-21-18(13-24-20)17-12-6-10-14-7-4-5-11-16(14)17/h1-13H,(H,21,22,23). The van der Waals surface area contributed by atoms with Crippen LogP contribution in [0.2, 0.25) is 0 Å². The van der Waals surface area contributed by atoms with Crippen LogP contribution in [0.25, 0.3) is 22.0 Å². The van der Waals surface area contributed by atoms with E-state index in [1.54, 1.807) is 12.1 Å². The minimum absolute atomic E-state index is 0.144. The molecule has 24 heavy (non-hydrogen) atoms. The number of benzene rings is 3. The third-order valence-electron chi connectivity index (χ3n) is 3.83. The molecule has 4 rings (SSSR count). The van der Waals surface area contributed by atoms with Crippen LogP contribution < -0.4 is 5.32 Å². The first kappa shape index (κ1) is 14.6. The summed E-state index contributed by atoms with van der Waals surface area (Å²) in [5, 5.41) is 7.78. The van der Waals surface area contributed by atoms with Crippen molar-refractivity contribution in [3.05, 3.63) is 83.7 Å². The van der Waals surface area contributed by atoms with Crippen LogP contribution in [0.3, 0.4) is 0 Å². The van der Waals surface area contributed by atoms with Crippen LogP contribution in [0.4, 0.5) is 5.13 Å². The maximum Gasteiger partial charge on any atom is 0.257 e. The Kier molecular flexibility index (Phi) is 3.81. The van der Waals surface area contributed by atoms with Gasteiger partial charge in [-0.25, -0.2) is 4.98 Å². The van der Waals surface area contributed by atoms with Crippen LogP contribution in [0, 0.1) is 0 Å². The summed E-state index contributed by atoms with van der Waals surface area (Å²) in [6.07, 6.45) is 0. The summed E-state index contributed by atoms with van der Waals surface area (Å²) in [6, 6.07) is 23.5. The highest BCUT2D eigenvalue weighted by Gasteiger charge is 2.11. The molecule has 1 N–H and O–H groups in total. The molecule has 3 nitrogen and oxygen atoms in total. The molecule has 0 bridgehead atoms. The number of carbonyl (C=O) groups excluding carboxylic acids is 1. The van der Waals surface area contributed by atoms with Gasteiger partial charge in [0.15, 0.2) is 5.13 Å². The number of nitrogens with zero attached hydrogens (tertiary/aromatic N) is 1. The van der Waals surface area contributed by atoms with E-state index in [0.29, 0.717) is 10.7 Å². The number of hydrogen-bond acceptors (Lipinski definition) is 3. The van der Waals surface area contributed by atoms with E-state index in [2.05, 4.69) is 34.6 Å². The molecule has 0 saturated heterocycles. The van der Waals surface area contributed by atoms with E-state index >= 15 is 0 Å². The predicted octanol–water partition coefficient (Wildman–Crippen LogP) is 5.22. The second-order valence-corrected chi connectivity index (χ2v) is 6.24. The van der Waals surface area contributed by atoms with Crippen molar-refractivity contribution in [1.29, 1.82) is 0 Å². The fourth-order valence-corrected chi connectivity index (χ4v) is 3.37. The number of thiazole rings is 1. The SMILES string of the molecule is O=C(Nc1nc(-c2cccc3ccccc23)cs1)c1ccccc1. The van der Waals surface area contributed by atoms with Crippen LogP contribution >= 0.6 is 11.3 Å². The summed E-state index contributed by atoms with van der Waals surface area (Å²) in [5.41, 5.74) is 2.57. The summed E-state index contributed by atoms with van der Waals surface area (Å²) in [7, 11) is 0. The van der Waals surface area contributed by atoms with Crippen LogP contribution in [-0.2, 0) is 0 Å². The molecule has 0 unspecified atom stereocenters. The Morgan fingerprint density at radius 3 is 2.50 bits per heavy atom. The Bertz CT molecular complexity index is 1000. The summed E-state index contributed by atoms with van der Waals surface area (Å²) >= 11 is 1.43. The van der Waals surface area contributed by atoms with Gasteiger partial charge in [0, 0.05) is 16.5 Å². The summed E-state index contributed by atoms with van der Waals surface area (Å²) < 4.78 is 0. The number of fused-ring (bicyclic) bond motifs is 1. The van der Waals surface area contributed by atoms with E-state index in [9.17, 15) is 4.79 Å². The predicted molar refractivity (Wildman–Crippen MR) is 99.5 cm³/mol. The molecule has 0 atom stereocenters. The highest BCUT2D eigenvalue weighted by molar-refractivity contribution is 7.14. The molecule has 0 saturated carbocycles. The molecule has 0 aliphatic heterocycles. The molecular weight excluding hydrogens is 316 g/mol. The van der Waals surface area contributed by atoms with Crippen molar-refractivity contribution in [3.8, 4) is 11.3 Å². The maximum absolute atomic E-state index is 12.2. The van der Waals surface area contributed by atoms with E-state index in [1.807, 2.05) is 41.8 Å². The first-order chi connectivity index (χ1) is 11.8. The van der Waals surface area contributed by atoms with E-state index in [4.69, 9.17) is 0 Å². The van der Waals surface area contributed by atoms with Gasteiger partial charge in [-0.05, 0) is 22.9 Å². The molecule has 0 radical (unpaired) electrons. The van der Waals surface area contributed by atoms with Gasteiger partial charge in [-0.1, -0.05) is 60.7 Å². The van der Waals surface area contributed by atoms with Crippen LogP contribution in [0.1, 0.15) is 10.4 Å². The Morgan fingerprint density at radius 1 is 0.875 bits per heavy atom. The normalized spacial score (nSPS) is 10.7. The third-order valence-corrected chi connectivity index (χ3v) is 4.58. The lowest BCUT2D eigenvalue weighted by Crippen LogP contribution is -2.11. The van der Waals surface area contributed by atoms with Gasteiger partial charge in [0.2, 0.25) is 0 Å². The van der Waals surface area contributed by atoms with Crippen LogP contribution in [0.15, 0.2) is 78.2 Å². The van der Waals surface area contributed by atoms with Gasteiger partial charge in [-0.15, -0.1) is 11.3 Å².